The molecular weight excluding hydrogens is 666 g/mol. The van der Waals surface area contributed by atoms with Gasteiger partial charge in [0.1, 0.15) is 29.7 Å². The van der Waals surface area contributed by atoms with Gasteiger partial charge in [0, 0.05) is 37.3 Å². The quantitative estimate of drug-likeness (QED) is 0.238. The zero-order chi connectivity index (χ0) is 39.0. The van der Waals surface area contributed by atoms with Crippen LogP contribution in [-0.2, 0) is 38.0 Å². The van der Waals surface area contributed by atoms with E-state index in [1.54, 1.807) is 41.5 Å². The van der Waals surface area contributed by atoms with E-state index in [1.165, 1.54) is 27.9 Å². The third-order valence-corrected chi connectivity index (χ3v) is 11.8. The molecule has 0 aliphatic carbocycles. The Labute approximate surface area is 304 Å². The molecule has 0 spiro atoms. The predicted octanol–water partition coefficient (Wildman–Crippen LogP) is 1.79. The zero-order valence-corrected chi connectivity index (χ0v) is 32.9. The number of nitrogens with zero attached hydrogens (tertiary/aromatic N) is 1. The summed E-state index contributed by atoms with van der Waals surface area (Å²) in [5.74, 6) is -4.98. The Morgan fingerprint density at radius 1 is 0.882 bits per heavy atom. The Morgan fingerprint density at radius 2 is 1.49 bits per heavy atom. The van der Waals surface area contributed by atoms with E-state index in [2.05, 4.69) is 0 Å². The maximum absolute atomic E-state index is 14.1. The highest BCUT2D eigenvalue weighted by atomic mass is 16.7. The van der Waals surface area contributed by atoms with Gasteiger partial charge in [0.05, 0.1) is 47.6 Å². The number of aliphatic hydroxyl groups excluding tert-OH is 3. The predicted molar refractivity (Wildman–Crippen MR) is 186 cm³/mol. The smallest absolute Gasteiger partial charge is 0.311 e. The van der Waals surface area contributed by atoms with Crippen LogP contribution in [-0.4, -0.2) is 148 Å². The molecule has 3 rings (SSSR count). The van der Waals surface area contributed by atoms with Crippen molar-refractivity contribution in [3.8, 4) is 0 Å². The molecule has 3 aliphatic heterocycles. The van der Waals surface area contributed by atoms with Crippen LogP contribution in [0.3, 0.4) is 0 Å². The summed E-state index contributed by atoms with van der Waals surface area (Å²) in [4.78, 5) is 29.8. The third-order valence-electron chi connectivity index (χ3n) is 11.8. The van der Waals surface area contributed by atoms with Crippen LogP contribution in [0, 0.1) is 23.7 Å². The first-order valence-electron chi connectivity index (χ1n) is 18.5. The SMILES string of the molecule is CC[C@H]1OC(=O)[C@H](C)[C@@H](O[C@H]2C[C@](C)(OC)[C@@H](O)[C@@H](C)O2)[C@H](C)[C@@H](O[C@@H]2O[C@H](C)C[C@@H](N(C)C)[C@@H]2O)[C@](C)(O)C[C@@H](C)C(=O)[C@H](C)[C@@H](O)[C@]1(C)O. The maximum atomic E-state index is 14.1. The number of methoxy groups -OCH3 is 1. The molecule has 3 fully saturated rings. The Hall–Kier alpha value is -1.30. The number of ketones is 1. The van der Waals surface area contributed by atoms with Crippen molar-refractivity contribution in [3.63, 3.8) is 0 Å². The molecule has 298 valence electrons. The van der Waals surface area contributed by atoms with Crippen molar-refractivity contribution in [2.45, 2.75) is 179 Å². The molecule has 3 saturated heterocycles. The van der Waals surface area contributed by atoms with Crippen molar-refractivity contribution in [1.29, 1.82) is 0 Å². The van der Waals surface area contributed by atoms with Gasteiger partial charge >= 0.3 is 5.97 Å². The van der Waals surface area contributed by atoms with Crippen LogP contribution in [0.5, 0.6) is 0 Å². The van der Waals surface area contributed by atoms with Crippen LogP contribution in [0.2, 0.25) is 0 Å². The average molecular weight is 734 g/mol. The van der Waals surface area contributed by atoms with Gasteiger partial charge in [-0.05, 0) is 74.9 Å². The van der Waals surface area contributed by atoms with Gasteiger partial charge in [0.2, 0.25) is 0 Å². The van der Waals surface area contributed by atoms with Crippen LogP contribution in [0.15, 0.2) is 0 Å². The summed E-state index contributed by atoms with van der Waals surface area (Å²) in [6, 6.07) is -0.324. The van der Waals surface area contributed by atoms with Gasteiger partial charge in [0.15, 0.2) is 12.6 Å². The molecule has 51 heavy (non-hydrogen) atoms. The summed E-state index contributed by atoms with van der Waals surface area (Å²) < 4.78 is 37.1. The fraction of sp³-hybridized carbons (Fsp3) is 0.946. The molecule has 0 bridgehead atoms. The number of hydrogen-bond donors (Lipinski definition) is 5. The minimum atomic E-state index is -1.99. The molecule has 0 aromatic carbocycles. The Kier molecular flexibility index (Phi) is 14.7. The number of likely N-dealkylation sites (N-methyl/N-ethyl adjacent to an activating group) is 1. The zero-order valence-electron chi connectivity index (χ0n) is 32.9. The van der Waals surface area contributed by atoms with E-state index in [1.807, 2.05) is 25.9 Å². The first-order chi connectivity index (χ1) is 23.4. The van der Waals surface area contributed by atoms with Crippen LogP contribution < -0.4 is 0 Å². The highest BCUT2D eigenvalue weighted by Gasteiger charge is 2.53. The summed E-state index contributed by atoms with van der Waals surface area (Å²) >= 11 is 0. The lowest BCUT2D eigenvalue weighted by Gasteiger charge is -2.49. The number of hydrogen-bond acceptors (Lipinski definition) is 14. The normalized spacial score (nSPS) is 49.7. The lowest BCUT2D eigenvalue weighted by atomic mass is 9.74. The molecule has 14 nitrogen and oxygen atoms in total. The minimum Gasteiger partial charge on any atom is -0.459 e. The largest absolute Gasteiger partial charge is 0.459 e. The molecule has 0 aromatic heterocycles. The first kappa shape index (κ1) is 44.1. The molecule has 0 amide bonds. The van der Waals surface area contributed by atoms with E-state index in [4.69, 9.17) is 28.4 Å². The van der Waals surface area contributed by atoms with Crippen LogP contribution >= 0.6 is 0 Å². The van der Waals surface area contributed by atoms with Gasteiger partial charge < -0.3 is 58.9 Å². The molecule has 3 heterocycles. The average Bonchev–Trinajstić information content (AvgIpc) is 3.05. The number of carbonyl (C=O) groups excluding carboxylic acids is 2. The van der Waals surface area contributed by atoms with E-state index in [0.717, 1.165) is 0 Å². The molecule has 14 heteroatoms. The minimum absolute atomic E-state index is 0.0936. The van der Waals surface area contributed by atoms with Gasteiger partial charge in [-0.3, -0.25) is 9.59 Å². The van der Waals surface area contributed by atoms with E-state index >= 15 is 0 Å². The molecule has 0 saturated carbocycles. The van der Waals surface area contributed by atoms with Crippen molar-refractivity contribution >= 4 is 11.8 Å². The van der Waals surface area contributed by atoms with E-state index in [-0.39, 0.29) is 31.4 Å². The number of rotatable bonds is 7. The van der Waals surface area contributed by atoms with Crippen molar-refractivity contribution < 1.29 is 63.5 Å². The maximum Gasteiger partial charge on any atom is 0.311 e. The molecule has 5 N–H and O–H groups in total. The first-order valence-corrected chi connectivity index (χ1v) is 18.5. The van der Waals surface area contributed by atoms with Crippen LogP contribution in [0.1, 0.15) is 94.9 Å². The van der Waals surface area contributed by atoms with E-state index < -0.39 is 108 Å². The Morgan fingerprint density at radius 3 is 2.04 bits per heavy atom. The summed E-state index contributed by atoms with van der Waals surface area (Å²) in [6.07, 6.45) is -9.71. The monoisotopic (exact) mass is 733 g/mol. The summed E-state index contributed by atoms with van der Waals surface area (Å²) in [7, 11) is 5.18. The van der Waals surface area contributed by atoms with Gasteiger partial charge in [0.25, 0.3) is 0 Å². The number of cyclic esters (lactones) is 1. The summed E-state index contributed by atoms with van der Waals surface area (Å²) in [5, 5.41) is 57.6. The van der Waals surface area contributed by atoms with Gasteiger partial charge in [-0.15, -0.1) is 0 Å². The number of carbonyl (C=O) groups is 2. The second-order valence-electron chi connectivity index (χ2n) is 16.5. The van der Waals surface area contributed by atoms with Crippen molar-refractivity contribution in [3.05, 3.63) is 0 Å². The Balaban J connectivity index is 2.18. The fourth-order valence-electron chi connectivity index (χ4n) is 8.41. The van der Waals surface area contributed by atoms with Gasteiger partial charge in [-0.1, -0.05) is 27.7 Å². The second-order valence-corrected chi connectivity index (χ2v) is 16.5. The van der Waals surface area contributed by atoms with E-state index in [9.17, 15) is 35.1 Å². The van der Waals surface area contributed by atoms with E-state index in [0.29, 0.717) is 6.42 Å². The van der Waals surface area contributed by atoms with Crippen molar-refractivity contribution in [2.75, 3.05) is 21.2 Å². The van der Waals surface area contributed by atoms with Crippen LogP contribution in [0.4, 0.5) is 0 Å². The molecule has 18 atom stereocenters. The fourth-order valence-corrected chi connectivity index (χ4v) is 8.41. The Bertz CT molecular complexity index is 1170. The second kappa shape index (κ2) is 17.0. The number of aliphatic hydroxyl groups is 5. The lowest BCUT2D eigenvalue weighted by molar-refractivity contribution is -0.318. The molecule has 0 aromatic rings. The molecule has 3 aliphatic rings. The summed E-state index contributed by atoms with van der Waals surface area (Å²) in [5.41, 5.74) is -4.84. The van der Waals surface area contributed by atoms with Crippen LogP contribution in [0.25, 0.3) is 0 Å². The number of Topliss-reactive ketones (excluding diaryl/α,β-unsaturated/α-hetero) is 1. The van der Waals surface area contributed by atoms with Crippen molar-refractivity contribution in [1.82, 2.24) is 4.90 Å². The third kappa shape index (κ3) is 9.51. The molecule has 0 radical (unpaired) electrons. The number of esters is 1. The van der Waals surface area contributed by atoms with Crippen molar-refractivity contribution in [2.24, 2.45) is 23.7 Å². The molecule has 0 unspecified atom stereocenters. The number of ether oxygens (including phenoxy) is 6. The standard InChI is InChI=1S/C37H67NO13/c1-14-25-37(10,45)30(41)20(4)27(39)18(2)16-35(8,44)32(51-34-28(40)24(38(11)12)15-19(3)47-34)21(5)29(22(6)33(43)49-25)50-26-17-36(9,46-13)31(42)23(7)48-26/h18-26,28-32,34,40-42,44-45H,14-17H2,1-13H3/t18-,19-,20+,21+,22-,23-,24-,25-,26+,28+,29+,30-,31+,32-,34+,35-,36+,37-/m1/s1. The highest BCUT2D eigenvalue weighted by Crippen LogP contribution is 2.40. The summed E-state index contributed by atoms with van der Waals surface area (Å²) in [6.45, 7) is 16.3. The highest BCUT2D eigenvalue weighted by molar-refractivity contribution is 5.83. The van der Waals surface area contributed by atoms with Gasteiger partial charge in [-0.25, -0.2) is 0 Å². The van der Waals surface area contributed by atoms with Gasteiger partial charge in [-0.2, -0.15) is 0 Å². The molecular formula is C37H67NO13. The lowest BCUT2D eigenvalue weighted by Crippen LogP contribution is -2.61. The topological polar surface area (TPSA) is 194 Å².